The highest BCUT2D eigenvalue weighted by molar-refractivity contribution is 5.93. The Balaban J connectivity index is 1.80. The van der Waals surface area contributed by atoms with Gasteiger partial charge < -0.3 is 14.8 Å². The van der Waals surface area contributed by atoms with Crippen LogP contribution in [0.3, 0.4) is 0 Å². The van der Waals surface area contributed by atoms with Crippen LogP contribution >= 0.6 is 0 Å². The molecule has 2 heterocycles. The van der Waals surface area contributed by atoms with Crippen molar-refractivity contribution in [2.24, 2.45) is 5.92 Å². The van der Waals surface area contributed by atoms with E-state index in [9.17, 15) is 9.18 Å². The molecule has 6 nitrogen and oxygen atoms in total. The summed E-state index contributed by atoms with van der Waals surface area (Å²) in [7, 11) is 0. The minimum absolute atomic E-state index is 0.268. The molecule has 34 heavy (non-hydrogen) atoms. The third-order valence-corrected chi connectivity index (χ3v) is 5.25. The standard InChI is InChI=1S/C27H34FN3O3/c1-17(2)14-27(7,31-25(32)34-26(4,5)6)16-33-24-15-30-22(12-18(24)3)21-10-11-29-23-13-19(28)8-9-20(21)23/h8-13,15,17H,14,16H2,1-7H3,(H,31,32)/t27-/m0/s1. The Morgan fingerprint density at radius 1 is 1.12 bits per heavy atom. The Bertz CT molecular complexity index is 1170. The SMILES string of the molecule is Cc1cc(-c2ccnc3cc(F)ccc23)ncc1OC[C@](C)(CC(C)C)NC(=O)OC(C)(C)C. The van der Waals surface area contributed by atoms with Crippen LogP contribution in [-0.2, 0) is 4.74 Å². The molecule has 1 aromatic carbocycles. The number of hydrogen-bond donors (Lipinski definition) is 1. The van der Waals surface area contributed by atoms with Crippen molar-refractivity contribution in [2.45, 2.75) is 66.0 Å². The number of halogens is 1. The summed E-state index contributed by atoms with van der Waals surface area (Å²) in [5, 5.41) is 3.82. The van der Waals surface area contributed by atoms with Gasteiger partial charge in [0, 0.05) is 23.2 Å². The number of carbonyl (C=O) groups is 1. The Hall–Kier alpha value is -3.22. The molecular weight excluding hydrogens is 433 g/mol. The molecule has 7 heteroatoms. The molecule has 0 fully saturated rings. The van der Waals surface area contributed by atoms with Gasteiger partial charge in [-0.1, -0.05) is 13.8 Å². The van der Waals surface area contributed by atoms with Gasteiger partial charge in [-0.05, 0) is 76.8 Å². The number of ether oxygens (including phenoxy) is 2. The molecule has 0 aliphatic carbocycles. The van der Waals surface area contributed by atoms with Crippen molar-refractivity contribution in [3.8, 4) is 17.0 Å². The number of pyridine rings is 2. The van der Waals surface area contributed by atoms with Crippen molar-refractivity contribution in [3.63, 3.8) is 0 Å². The summed E-state index contributed by atoms with van der Waals surface area (Å²) in [6.45, 7) is 13.9. The van der Waals surface area contributed by atoms with Gasteiger partial charge >= 0.3 is 6.09 Å². The van der Waals surface area contributed by atoms with Crippen molar-refractivity contribution >= 4 is 17.0 Å². The number of fused-ring (bicyclic) bond motifs is 1. The van der Waals surface area contributed by atoms with E-state index in [2.05, 4.69) is 29.1 Å². The molecule has 2 aromatic heterocycles. The zero-order valence-electron chi connectivity index (χ0n) is 21.0. The molecule has 0 bridgehead atoms. The summed E-state index contributed by atoms with van der Waals surface area (Å²) in [6, 6.07) is 8.36. The van der Waals surface area contributed by atoms with Gasteiger partial charge in [0.25, 0.3) is 0 Å². The third-order valence-electron chi connectivity index (χ3n) is 5.25. The van der Waals surface area contributed by atoms with Crippen molar-refractivity contribution in [3.05, 3.63) is 54.1 Å². The van der Waals surface area contributed by atoms with Crippen molar-refractivity contribution in [1.29, 1.82) is 0 Å². The van der Waals surface area contributed by atoms with E-state index in [0.29, 0.717) is 17.2 Å². The molecule has 0 radical (unpaired) electrons. The van der Waals surface area contributed by atoms with Crippen LogP contribution in [0.25, 0.3) is 22.2 Å². The van der Waals surface area contributed by atoms with Crippen LogP contribution in [0.15, 0.2) is 42.7 Å². The molecule has 0 saturated heterocycles. The summed E-state index contributed by atoms with van der Waals surface area (Å²) in [5.41, 5.74) is 1.91. The molecule has 1 N–H and O–H groups in total. The number of benzene rings is 1. The van der Waals surface area contributed by atoms with Crippen LogP contribution in [-0.4, -0.2) is 33.8 Å². The fraction of sp³-hybridized carbons (Fsp3) is 0.444. The van der Waals surface area contributed by atoms with Crippen LogP contribution < -0.4 is 10.1 Å². The first-order chi connectivity index (χ1) is 15.8. The van der Waals surface area contributed by atoms with Gasteiger partial charge in [-0.3, -0.25) is 9.97 Å². The number of aryl methyl sites for hydroxylation is 1. The number of carbonyl (C=O) groups excluding carboxylic acids is 1. The maximum atomic E-state index is 13.6. The van der Waals surface area contributed by atoms with E-state index in [1.807, 2.05) is 46.8 Å². The normalized spacial score (nSPS) is 13.6. The van der Waals surface area contributed by atoms with Crippen molar-refractivity contribution in [2.75, 3.05) is 6.61 Å². The molecule has 1 amide bonds. The number of alkyl carbamates (subject to hydrolysis) is 1. The molecule has 1 atom stereocenters. The first-order valence-electron chi connectivity index (χ1n) is 11.5. The van der Waals surface area contributed by atoms with Crippen molar-refractivity contribution < 1.29 is 18.7 Å². The average Bonchev–Trinajstić information content (AvgIpc) is 2.70. The minimum Gasteiger partial charge on any atom is -0.489 e. The number of rotatable bonds is 7. The number of hydrogen-bond acceptors (Lipinski definition) is 5. The number of nitrogens with zero attached hydrogens (tertiary/aromatic N) is 2. The van der Waals surface area contributed by atoms with Gasteiger partial charge in [-0.2, -0.15) is 0 Å². The van der Waals surface area contributed by atoms with Gasteiger partial charge in [-0.15, -0.1) is 0 Å². The fourth-order valence-electron chi connectivity index (χ4n) is 4.02. The lowest BCUT2D eigenvalue weighted by Crippen LogP contribution is -2.52. The molecule has 0 unspecified atom stereocenters. The molecule has 0 spiro atoms. The Morgan fingerprint density at radius 3 is 2.50 bits per heavy atom. The average molecular weight is 468 g/mol. The second kappa shape index (κ2) is 9.95. The van der Waals surface area contributed by atoms with E-state index in [4.69, 9.17) is 9.47 Å². The van der Waals surface area contributed by atoms with Crippen LogP contribution in [0, 0.1) is 18.7 Å². The van der Waals surface area contributed by atoms with Gasteiger partial charge in [-0.25, -0.2) is 9.18 Å². The van der Waals surface area contributed by atoms with Crippen LogP contribution in [0.2, 0.25) is 0 Å². The quantitative estimate of drug-likeness (QED) is 0.432. The van der Waals surface area contributed by atoms with Gasteiger partial charge in [0.1, 0.15) is 23.8 Å². The summed E-state index contributed by atoms with van der Waals surface area (Å²) in [6.07, 6.45) is 3.59. The predicted molar refractivity (Wildman–Crippen MR) is 132 cm³/mol. The minimum atomic E-state index is -0.618. The lowest BCUT2D eigenvalue weighted by Gasteiger charge is -2.33. The molecular formula is C27H34FN3O3. The molecule has 182 valence electrons. The fourth-order valence-corrected chi connectivity index (χ4v) is 4.02. The zero-order valence-corrected chi connectivity index (χ0v) is 21.0. The highest BCUT2D eigenvalue weighted by Gasteiger charge is 2.31. The molecule has 0 aliphatic rings. The summed E-state index contributed by atoms with van der Waals surface area (Å²) < 4.78 is 25.2. The largest absolute Gasteiger partial charge is 0.489 e. The molecule has 3 aromatic rings. The van der Waals surface area contributed by atoms with E-state index in [1.54, 1.807) is 18.5 Å². The second-order valence-corrected chi connectivity index (χ2v) is 10.4. The van der Waals surface area contributed by atoms with Crippen molar-refractivity contribution in [1.82, 2.24) is 15.3 Å². The zero-order chi connectivity index (χ0) is 25.1. The Labute approximate surface area is 200 Å². The smallest absolute Gasteiger partial charge is 0.408 e. The topological polar surface area (TPSA) is 73.3 Å². The Morgan fingerprint density at radius 2 is 1.85 bits per heavy atom. The maximum absolute atomic E-state index is 13.6. The van der Waals surface area contributed by atoms with Gasteiger partial charge in [0.2, 0.25) is 0 Å². The van der Waals surface area contributed by atoms with Crippen LogP contribution in [0.4, 0.5) is 9.18 Å². The van der Waals surface area contributed by atoms with Crippen LogP contribution in [0.1, 0.15) is 53.5 Å². The highest BCUT2D eigenvalue weighted by Crippen LogP contribution is 2.30. The number of amides is 1. The summed E-state index contributed by atoms with van der Waals surface area (Å²) in [4.78, 5) is 21.3. The lowest BCUT2D eigenvalue weighted by molar-refractivity contribution is 0.0407. The summed E-state index contributed by atoms with van der Waals surface area (Å²) >= 11 is 0. The summed E-state index contributed by atoms with van der Waals surface area (Å²) in [5.74, 6) is 0.651. The number of nitrogens with one attached hydrogen (secondary N) is 1. The second-order valence-electron chi connectivity index (χ2n) is 10.4. The van der Waals surface area contributed by atoms with E-state index >= 15 is 0 Å². The molecule has 0 aliphatic heterocycles. The Kier molecular flexibility index (Phi) is 7.44. The maximum Gasteiger partial charge on any atom is 0.408 e. The number of aromatic nitrogens is 2. The van der Waals surface area contributed by atoms with Gasteiger partial charge in [0.15, 0.2) is 0 Å². The monoisotopic (exact) mass is 467 g/mol. The van der Waals surface area contributed by atoms with Crippen LogP contribution in [0.5, 0.6) is 5.75 Å². The molecule has 3 rings (SSSR count). The van der Waals surface area contributed by atoms with E-state index in [-0.39, 0.29) is 12.4 Å². The lowest BCUT2D eigenvalue weighted by atomic mass is 9.91. The highest BCUT2D eigenvalue weighted by atomic mass is 19.1. The van der Waals surface area contributed by atoms with Gasteiger partial charge in [0.05, 0.1) is 22.9 Å². The molecule has 0 saturated carbocycles. The van der Waals surface area contributed by atoms with E-state index in [1.165, 1.54) is 12.1 Å². The first kappa shape index (κ1) is 25.4. The third kappa shape index (κ3) is 6.65. The van der Waals surface area contributed by atoms with E-state index < -0.39 is 17.2 Å². The predicted octanol–water partition coefficient (Wildman–Crippen LogP) is 6.45. The van der Waals surface area contributed by atoms with E-state index in [0.717, 1.165) is 28.6 Å². The first-order valence-corrected chi connectivity index (χ1v) is 11.5.